The minimum atomic E-state index is -0.00109. The second-order valence-electron chi connectivity index (χ2n) is 8.53. The molecule has 0 saturated heterocycles. The summed E-state index contributed by atoms with van der Waals surface area (Å²) in [7, 11) is 3.52. The van der Waals surface area contributed by atoms with Crippen LogP contribution in [0.1, 0.15) is 48.7 Å². The number of nitrogens with zero attached hydrogens (tertiary/aromatic N) is 2. The summed E-state index contributed by atoms with van der Waals surface area (Å²) >= 11 is 0. The Morgan fingerprint density at radius 1 is 1.03 bits per heavy atom. The van der Waals surface area contributed by atoms with Crippen molar-refractivity contribution in [2.75, 3.05) is 24.3 Å². The van der Waals surface area contributed by atoms with Crippen LogP contribution in [0.3, 0.4) is 0 Å². The fourth-order valence-corrected chi connectivity index (χ4v) is 4.66. The quantitative estimate of drug-likeness (QED) is 0.844. The summed E-state index contributed by atoms with van der Waals surface area (Å²) in [6.07, 6.45) is 2.38. The summed E-state index contributed by atoms with van der Waals surface area (Å²) in [6, 6.07) is 16.2. The lowest BCUT2D eigenvalue weighted by Gasteiger charge is -2.46. The molecule has 2 aromatic carbocycles. The summed E-state index contributed by atoms with van der Waals surface area (Å²) in [4.78, 5) is 28.3. The number of nitrogens with one attached hydrogen (secondary N) is 1. The lowest BCUT2D eigenvalue weighted by molar-refractivity contribution is -0.117. The molecule has 3 atom stereocenters. The molecule has 1 fully saturated rings. The van der Waals surface area contributed by atoms with Crippen molar-refractivity contribution in [3.63, 3.8) is 0 Å². The van der Waals surface area contributed by atoms with E-state index in [9.17, 15) is 9.59 Å². The highest BCUT2D eigenvalue weighted by molar-refractivity contribution is 5.95. The Morgan fingerprint density at radius 3 is 2.28 bits per heavy atom. The van der Waals surface area contributed by atoms with Gasteiger partial charge in [-0.2, -0.15) is 0 Å². The standard InChI is InChI=1S/C24H29N3O2/c1-15-22(25-19-13-11-18(12-14-19)24(29)26(3)4)20-7-5-6-8-21(20)27(16(2)28)23(15)17-9-10-17/h5-8,11-15,17,22-23,25H,9-10H2,1-4H3/t15-,22-,23+/m1/s1. The number of carbonyl (C=O) groups is 2. The summed E-state index contributed by atoms with van der Waals surface area (Å²) in [5, 5.41) is 3.69. The molecule has 0 bridgehead atoms. The van der Waals surface area contributed by atoms with Gasteiger partial charge < -0.3 is 15.1 Å². The van der Waals surface area contributed by atoms with E-state index in [1.54, 1.807) is 25.9 Å². The van der Waals surface area contributed by atoms with E-state index >= 15 is 0 Å². The van der Waals surface area contributed by atoms with Gasteiger partial charge in [0.1, 0.15) is 0 Å². The van der Waals surface area contributed by atoms with Gasteiger partial charge in [0, 0.05) is 49.9 Å². The monoisotopic (exact) mass is 391 g/mol. The zero-order valence-electron chi connectivity index (χ0n) is 17.6. The molecular weight excluding hydrogens is 362 g/mol. The molecule has 0 radical (unpaired) electrons. The highest BCUT2D eigenvalue weighted by atomic mass is 16.2. The van der Waals surface area contributed by atoms with Crippen LogP contribution in [0.2, 0.25) is 0 Å². The molecule has 5 heteroatoms. The number of hydrogen-bond donors (Lipinski definition) is 1. The molecule has 2 aliphatic rings. The van der Waals surface area contributed by atoms with Gasteiger partial charge in [0.25, 0.3) is 5.91 Å². The van der Waals surface area contributed by atoms with Crippen LogP contribution in [-0.4, -0.2) is 36.9 Å². The Morgan fingerprint density at radius 2 is 1.69 bits per heavy atom. The van der Waals surface area contributed by atoms with Crippen molar-refractivity contribution in [2.24, 2.45) is 11.8 Å². The van der Waals surface area contributed by atoms with E-state index in [-0.39, 0.29) is 29.8 Å². The van der Waals surface area contributed by atoms with Gasteiger partial charge >= 0.3 is 0 Å². The first-order chi connectivity index (χ1) is 13.9. The number of para-hydroxylation sites is 1. The fourth-order valence-electron chi connectivity index (χ4n) is 4.66. The molecule has 5 nitrogen and oxygen atoms in total. The normalized spacial score (nSPS) is 23.3. The van der Waals surface area contributed by atoms with E-state index in [1.165, 1.54) is 12.8 Å². The Kier molecular flexibility index (Phi) is 5.07. The molecule has 0 aromatic heterocycles. The second kappa shape index (κ2) is 7.54. The Bertz CT molecular complexity index is 918. The van der Waals surface area contributed by atoms with Gasteiger partial charge in [-0.3, -0.25) is 9.59 Å². The Hall–Kier alpha value is -2.82. The van der Waals surface area contributed by atoms with Gasteiger partial charge in [0.05, 0.1) is 6.04 Å². The third-order valence-corrected chi connectivity index (χ3v) is 6.20. The lowest BCUT2D eigenvalue weighted by Crippen LogP contribution is -2.51. The topological polar surface area (TPSA) is 52.7 Å². The first-order valence-electron chi connectivity index (χ1n) is 10.4. The van der Waals surface area contributed by atoms with Crippen molar-refractivity contribution >= 4 is 23.2 Å². The SMILES string of the molecule is CC(=O)N1c2ccccc2[C@H](Nc2ccc(C(=O)N(C)C)cc2)[C@@H](C)[C@H]1C1CC1. The van der Waals surface area contributed by atoms with Gasteiger partial charge in [0.15, 0.2) is 0 Å². The van der Waals surface area contributed by atoms with Crippen LogP contribution in [0.25, 0.3) is 0 Å². The van der Waals surface area contributed by atoms with Crippen molar-refractivity contribution in [1.29, 1.82) is 0 Å². The van der Waals surface area contributed by atoms with Gasteiger partial charge in [-0.25, -0.2) is 0 Å². The smallest absolute Gasteiger partial charge is 0.253 e. The molecule has 0 unspecified atom stereocenters. The highest BCUT2D eigenvalue weighted by Gasteiger charge is 2.47. The van der Waals surface area contributed by atoms with Crippen LogP contribution in [0, 0.1) is 11.8 Å². The maximum absolute atomic E-state index is 12.5. The number of fused-ring (bicyclic) bond motifs is 1. The third kappa shape index (κ3) is 3.61. The summed E-state index contributed by atoms with van der Waals surface area (Å²) in [5.74, 6) is 0.973. The maximum atomic E-state index is 12.5. The molecule has 1 saturated carbocycles. The number of carbonyl (C=O) groups excluding carboxylic acids is 2. The van der Waals surface area contributed by atoms with Crippen LogP contribution in [0.4, 0.5) is 11.4 Å². The van der Waals surface area contributed by atoms with Crippen molar-refractivity contribution < 1.29 is 9.59 Å². The van der Waals surface area contributed by atoms with Crippen LogP contribution in [0.5, 0.6) is 0 Å². The largest absolute Gasteiger partial charge is 0.378 e. The fraction of sp³-hybridized carbons (Fsp3) is 0.417. The van der Waals surface area contributed by atoms with Gasteiger partial charge in [0.2, 0.25) is 5.91 Å². The number of rotatable bonds is 4. The second-order valence-corrected chi connectivity index (χ2v) is 8.53. The number of amides is 2. The van der Waals surface area contributed by atoms with E-state index < -0.39 is 0 Å². The van der Waals surface area contributed by atoms with E-state index in [0.29, 0.717) is 11.5 Å². The van der Waals surface area contributed by atoms with E-state index in [0.717, 1.165) is 16.9 Å². The van der Waals surface area contributed by atoms with Crippen LogP contribution in [-0.2, 0) is 4.79 Å². The minimum absolute atomic E-state index is 0.00109. The molecule has 1 heterocycles. The van der Waals surface area contributed by atoms with Gasteiger partial charge in [-0.05, 0) is 54.7 Å². The average molecular weight is 392 g/mol. The molecule has 1 N–H and O–H groups in total. The summed E-state index contributed by atoms with van der Waals surface area (Å²) in [5.41, 5.74) is 3.83. The van der Waals surface area contributed by atoms with Gasteiger partial charge in [-0.1, -0.05) is 25.1 Å². The predicted octanol–water partition coefficient (Wildman–Crippen LogP) is 4.32. The molecule has 2 amide bonds. The first-order valence-corrected chi connectivity index (χ1v) is 10.4. The number of anilines is 2. The third-order valence-electron chi connectivity index (χ3n) is 6.20. The molecular formula is C24H29N3O2. The van der Waals surface area contributed by atoms with E-state index in [4.69, 9.17) is 0 Å². The average Bonchev–Trinajstić information content (AvgIpc) is 3.54. The van der Waals surface area contributed by atoms with Crippen molar-refractivity contribution in [3.05, 3.63) is 59.7 Å². The Labute approximate surface area is 172 Å². The van der Waals surface area contributed by atoms with Crippen LogP contribution in [0.15, 0.2) is 48.5 Å². The summed E-state index contributed by atoms with van der Waals surface area (Å²) in [6.45, 7) is 3.92. The van der Waals surface area contributed by atoms with Crippen LogP contribution < -0.4 is 10.2 Å². The van der Waals surface area contributed by atoms with Crippen LogP contribution >= 0.6 is 0 Å². The van der Waals surface area contributed by atoms with Crippen molar-refractivity contribution in [1.82, 2.24) is 4.90 Å². The first kappa shape index (κ1) is 19.5. The minimum Gasteiger partial charge on any atom is -0.378 e. The molecule has 2 aromatic rings. The lowest BCUT2D eigenvalue weighted by atomic mass is 9.80. The number of hydrogen-bond acceptors (Lipinski definition) is 3. The maximum Gasteiger partial charge on any atom is 0.253 e. The zero-order valence-corrected chi connectivity index (χ0v) is 17.6. The molecule has 0 spiro atoms. The zero-order chi connectivity index (χ0) is 20.7. The molecule has 1 aliphatic carbocycles. The van der Waals surface area contributed by atoms with Gasteiger partial charge in [-0.15, -0.1) is 0 Å². The Balaban J connectivity index is 1.66. The number of benzene rings is 2. The highest BCUT2D eigenvalue weighted by Crippen LogP contribution is 2.49. The molecule has 1 aliphatic heterocycles. The molecule has 29 heavy (non-hydrogen) atoms. The van der Waals surface area contributed by atoms with E-state index in [1.807, 2.05) is 41.3 Å². The molecule has 4 rings (SSSR count). The van der Waals surface area contributed by atoms with Crippen molar-refractivity contribution in [2.45, 2.75) is 38.8 Å². The van der Waals surface area contributed by atoms with E-state index in [2.05, 4.69) is 24.4 Å². The van der Waals surface area contributed by atoms with Crippen molar-refractivity contribution in [3.8, 4) is 0 Å². The molecule has 152 valence electrons. The summed E-state index contributed by atoms with van der Waals surface area (Å²) < 4.78 is 0. The predicted molar refractivity (Wildman–Crippen MR) is 116 cm³/mol.